The Morgan fingerprint density at radius 1 is 0.973 bits per heavy atom. The number of hydrogen-bond donors (Lipinski definition) is 1. The Bertz CT molecular complexity index is 609. The highest BCUT2D eigenvalue weighted by molar-refractivity contribution is 6.21. The van der Waals surface area contributed by atoms with Gasteiger partial charge in [0.2, 0.25) is 0 Å². The maximum absolute atomic E-state index is 6.31. The first-order chi connectivity index (χ1) is 15.1. The molecule has 3 rings (SSSR count). The summed E-state index contributed by atoms with van der Waals surface area (Å²) in [5.41, 5.74) is 0.367. The van der Waals surface area contributed by atoms with Gasteiger partial charge in [-0.2, -0.15) is 0 Å². The fraction of sp³-hybridized carbons (Fsp3) is 0.929. The number of allylic oxidation sites excluding steroid dienone is 2. The van der Waals surface area contributed by atoms with Crippen LogP contribution in [0.25, 0.3) is 0 Å². The van der Waals surface area contributed by atoms with Crippen molar-refractivity contribution in [3.05, 3.63) is 12.2 Å². The van der Waals surface area contributed by atoms with E-state index in [9.17, 15) is 0 Å². The molecule has 2 fully saturated rings. The van der Waals surface area contributed by atoms with E-state index in [1.165, 1.54) is 71.6 Å². The maximum Gasteiger partial charge on any atom is 0.0516 e. The van der Waals surface area contributed by atoms with E-state index in [-0.39, 0.29) is 34.7 Å². The van der Waals surface area contributed by atoms with Crippen LogP contribution in [0.5, 0.6) is 0 Å². The Morgan fingerprint density at radius 2 is 1.62 bits per heavy atom. The summed E-state index contributed by atoms with van der Waals surface area (Å²) in [4.78, 5) is 7.70. The van der Waals surface area contributed by atoms with Crippen LogP contribution in [0.4, 0.5) is 0 Å². The Morgan fingerprint density at radius 3 is 2.16 bits per heavy atom. The molecular formula is C28H63ClN4O4. The van der Waals surface area contributed by atoms with E-state index in [1.54, 1.807) is 0 Å². The molecule has 37 heavy (non-hydrogen) atoms. The zero-order valence-corrected chi connectivity index (χ0v) is 24.6. The van der Waals surface area contributed by atoms with Gasteiger partial charge in [0, 0.05) is 38.8 Å². The summed E-state index contributed by atoms with van der Waals surface area (Å²) < 4.78 is 0. The van der Waals surface area contributed by atoms with Gasteiger partial charge in [0.15, 0.2) is 0 Å². The monoisotopic (exact) mass is 554 g/mol. The molecule has 0 aromatic heterocycles. The van der Waals surface area contributed by atoms with Gasteiger partial charge in [-0.05, 0) is 88.5 Å². The number of likely N-dealkylation sites (tertiary alicyclic amines) is 2. The fourth-order valence-electron chi connectivity index (χ4n) is 6.31. The summed E-state index contributed by atoms with van der Waals surface area (Å²) in [5.74, 6) is 2.99. The van der Waals surface area contributed by atoms with Crippen LogP contribution >= 0.6 is 11.6 Å². The van der Waals surface area contributed by atoms with Crippen molar-refractivity contribution in [2.45, 2.75) is 72.2 Å². The minimum atomic E-state index is 0. The van der Waals surface area contributed by atoms with E-state index in [1.807, 2.05) is 0 Å². The lowest BCUT2D eigenvalue weighted by Crippen LogP contribution is -2.53. The van der Waals surface area contributed by atoms with Crippen molar-refractivity contribution in [2.75, 3.05) is 66.5 Å². The van der Waals surface area contributed by atoms with Gasteiger partial charge in [0.1, 0.15) is 0 Å². The Balaban J connectivity index is -0.00000231. The zero-order valence-electron chi connectivity index (χ0n) is 23.8. The first-order valence-corrected chi connectivity index (χ1v) is 13.7. The minimum absolute atomic E-state index is 0. The molecule has 0 saturated carbocycles. The van der Waals surface area contributed by atoms with Gasteiger partial charge in [-0.15, -0.1) is 11.6 Å². The minimum Gasteiger partial charge on any atom is -0.412 e. The van der Waals surface area contributed by atoms with E-state index in [0.717, 1.165) is 24.2 Å². The third kappa shape index (κ3) is 12.6. The Labute approximate surface area is 233 Å². The van der Waals surface area contributed by atoms with E-state index >= 15 is 0 Å². The summed E-state index contributed by atoms with van der Waals surface area (Å²) in [7, 11) is 4.35. The van der Waals surface area contributed by atoms with E-state index in [0.29, 0.717) is 17.4 Å². The molecule has 0 amide bonds. The molecule has 9 heteroatoms. The van der Waals surface area contributed by atoms with Gasteiger partial charge in [-0.1, -0.05) is 47.3 Å². The SMILES string of the molecule is C.CC(C)[C@H](CN1CC[C@H](C2C=CC(Cl)CC2)C(C)(C)C1)NC[C@@H]1CCN(CCN(C)C)C1.O.O.O.O. The highest BCUT2D eigenvalue weighted by Gasteiger charge is 2.40. The second kappa shape index (κ2) is 18.9. The summed E-state index contributed by atoms with van der Waals surface area (Å²) in [6, 6.07) is 0.588. The lowest BCUT2D eigenvalue weighted by atomic mass is 9.65. The summed E-state index contributed by atoms with van der Waals surface area (Å²) in [6.07, 6.45) is 9.77. The molecule has 2 saturated heterocycles. The lowest BCUT2D eigenvalue weighted by Gasteiger charge is -2.48. The number of likely N-dealkylation sites (N-methyl/N-ethyl adjacent to an activating group) is 1. The zero-order chi connectivity index (χ0) is 23.3. The summed E-state index contributed by atoms with van der Waals surface area (Å²) in [5, 5.41) is 4.25. The molecule has 2 heterocycles. The van der Waals surface area contributed by atoms with Crippen LogP contribution in [0.15, 0.2) is 12.2 Å². The summed E-state index contributed by atoms with van der Waals surface area (Å²) in [6.45, 7) is 19.5. The van der Waals surface area contributed by atoms with Crippen molar-refractivity contribution in [3.63, 3.8) is 0 Å². The molecule has 5 atom stereocenters. The molecule has 0 aromatic rings. The van der Waals surface area contributed by atoms with Crippen LogP contribution in [0.1, 0.15) is 60.8 Å². The van der Waals surface area contributed by atoms with Crippen LogP contribution in [-0.4, -0.2) is 114 Å². The molecule has 0 aromatic carbocycles. The van der Waals surface area contributed by atoms with Crippen molar-refractivity contribution in [1.29, 1.82) is 0 Å². The predicted octanol–water partition coefficient (Wildman–Crippen LogP) is 1.74. The summed E-state index contributed by atoms with van der Waals surface area (Å²) >= 11 is 6.31. The lowest BCUT2D eigenvalue weighted by molar-refractivity contribution is 0.0218. The van der Waals surface area contributed by atoms with Crippen LogP contribution in [0.2, 0.25) is 0 Å². The number of hydrogen-bond acceptors (Lipinski definition) is 4. The van der Waals surface area contributed by atoms with Crippen molar-refractivity contribution in [2.24, 2.45) is 29.1 Å². The quantitative estimate of drug-likeness (QED) is 0.323. The standard InChI is InChI=1S/C27H51ClN4.CH4.4H2O/c1-21(2)26(29-17-22-11-13-31(18-22)16-15-30(5)6)19-32-14-12-25(27(3,4)20-32)23-7-9-24(28)10-8-23;;;;;/h7,9,21-26,29H,8,10-20H2,1-6H3;1H4;4*1H2/t22-,23?,24?,25+,26-;;;;;/m0...../s1. The Hall–Kier alpha value is -0.290. The smallest absolute Gasteiger partial charge is 0.0516 e. The van der Waals surface area contributed by atoms with Crippen molar-refractivity contribution in [1.82, 2.24) is 20.0 Å². The number of rotatable bonds is 10. The third-order valence-electron chi connectivity index (χ3n) is 8.41. The second-order valence-electron chi connectivity index (χ2n) is 12.3. The molecule has 3 aliphatic rings. The maximum atomic E-state index is 6.31. The highest BCUT2D eigenvalue weighted by atomic mass is 35.5. The van der Waals surface area contributed by atoms with Crippen LogP contribution < -0.4 is 5.32 Å². The topological polar surface area (TPSA) is 148 Å². The Kier molecular flexibility index (Phi) is 21.0. The van der Waals surface area contributed by atoms with E-state index < -0.39 is 0 Å². The molecule has 2 aliphatic heterocycles. The van der Waals surface area contributed by atoms with Gasteiger partial charge in [-0.3, -0.25) is 0 Å². The third-order valence-corrected chi connectivity index (χ3v) is 8.78. The van der Waals surface area contributed by atoms with Gasteiger partial charge < -0.3 is 41.9 Å². The van der Waals surface area contributed by atoms with Crippen LogP contribution in [-0.2, 0) is 0 Å². The normalized spacial score (nSPS) is 28.4. The average Bonchev–Trinajstić information content (AvgIpc) is 3.17. The van der Waals surface area contributed by atoms with Crippen LogP contribution in [0.3, 0.4) is 0 Å². The highest BCUT2D eigenvalue weighted by Crippen LogP contribution is 2.43. The molecular weight excluding hydrogens is 492 g/mol. The number of halogens is 1. The van der Waals surface area contributed by atoms with E-state index in [4.69, 9.17) is 11.6 Å². The van der Waals surface area contributed by atoms with Gasteiger partial charge in [0.05, 0.1) is 5.38 Å². The molecule has 0 bridgehead atoms. The van der Waals surface area contributed by atoms with Crippen molar-refractivity contribution in [3.8, 4) is 0 Å². The molecule has 1 aliphatic carbocycles. The number of alkyl halides is 1. The van der Waals surface area contributed by atoms with Gasteiger partial charge in [-0.25, -0.2) is 0 Å². The van der Waals surface area contributed by atoms with Crippen LogP contribution in [0, 0.1) is 29.1 Å². The number of nitrogens with zero attached hydrogens (tertiary/aromatic N) is 3. The molecule has 9 N–H and O–H groups in total. The predicted molar refractivity (Wildman–Crippen MR) is 161 cm³/mol. The number of nitrogens with one attached hydrogen (secondary N) is 1. The second-order valence-corrected chi connectivity index (χ2v) is 12.8. The molecule has 2 unspecified atom stereocenters. The molecule has 226 valence electrons. The molecule has 0 radical (unpaired) electrons. The first kappa shape index (κ1) is 41.2. The van der Waals surface area contributed by atoms with Crippen molar-refractivity contribution < 1.29 is 21.9 Å². The number of piperidine rings is 1. The molecule has 8 nitrogen and oxygen atoms in total. The largest absolute Gasteiger partial charge is 0.412 e. The average molecular weight is 555 g/mol. The van der Waals surface area contributed by atoms with Gasteiger partial charge in [0.25, 0.3) is 0 Å². The first-order valence-electron chi connectivity index (χ1n) is 13.3. The molecule has 0 spiro atoms. The van der Waals surface area contributed by atoms with Crippen molar-refractivity contribution >= 4 is 11.6 Å². The fourth-order valence-corrected chi connectivity index (χ4v) is 6.52. The van der Waals surface area contributed by atoms with E-state index in [2.05, 4.69) is 74.0 Å². The van der Waals surface area contributed by atoms with Gasteiger partial charge >= 0.3 is 0 Å².